The van der Waals surface area contributed by atoms with E-state index < -0.39 is 0 Å². The number of rotatable bonds is 7. The average molecular weight is 301 g/mol. The first kappa shape index (κ1) is 15.9. The van der Waals surface area contributed by atoms with Crippen LogP contribution in [0.2, 0.25) is 0 Å². The zero-order valence-electron chi connectivity index (χ0n) is 13.1. The number of ether oxygens (including phenoxy) is 1. The number of hydrogen-bond donors (Lipinski definition) is 3. The number of hydrogen-bond acceptors (Lipinski definition) is 4. The summed E-state index contributed by atoms with van der Waals surface area (Å²) in [6.07, 6.45) is 7.01. The zero-order chi connectivity index (χ0) is 15.8. The van der Waals surface area contributed by atoms with Gasteiger partial charge in [-0.05, 0) is 24.6 Å². The van der Waals surface area contributed by atoms with Crippen LogP contribution in [-0.4, -0.2) is 25.8 Å². The number of fused-ring (bicyclic) bond motifs is 1. The average Bonchev–Trinajstić information content (AvgIpc) is 2.94. The molecule has 0 aliphatic carbocycles. The molecule has 0 saturated heterocycles. The van der Waals surface area contributed by atoms with E-state index in [2.05, 4.69) is 27.8 Å². The van der Waals surface area contributed by atoms with Gasteiger partial charge in [0.15, 0.2) is 0 Å². The number of hydrazine groups is 1. The van der Waals surface area contributed by atoms with Gasteiger partial charge in [-0.15, -0.1) is 0 Å². The Morgan fingerprint density at radius 2 is 2.27 bits per heavy atom. The molecule has 1 aromatic carbocycles. The minimum absolute atomic E-state index is 0.383. The first-order valence-corrected chi connectivity index (χ1v) is 7.48. The molecule has 0 spiro atoms. The number of methoxy groups -OCH3 is 1. The van der Waals surface area contributed by atoms with Crippen LogP contribution in [0.4, 0.5) is 5.69 Å². The Kier molecular flexibility index (Phi) is 5.82. The summed E-state index contributed by atoms with van der Waals surface area (Å²) < 4.78 is 5.24. The van der Waals surface area contributed by atoms with Gasteiger partial charge >= 0.3 is 0 Å². The van der Waals surface area contributed by atoms with Crippen molar-refractivity contribution in [3.63, 3.8) is 0 Å². The third-order valence-corrected chi connectivity index (χ3v) is 3.33. The van der Waals surface area contributed by atoms with Crippen LogP contribution in [0, 0.1) is 0 Å². The van der Waals surface area contributed by atoms with E-state index >= 15 is 0 Å². The van der Waals surface area contributed by atoms with Crippen LogP contribution >= 0.6 is 0 Å². The number of nitrogens with two attached hydrogens (primary N) is 1. The third-order valence-electron chi connectivity index (χ3n) is 3.33. The fourth-order valence-electron chi connectivity index (χ4n) is 2.10. The molecule has 0 amide bonds. The first-order chi connectivity index (χ1) is 10.7. The molecule has 1 aromatic rings. The van der Waals surface area contributed by atoms with Gasteiger partial charge in [0.2, 0.25) is 5.96 Å². The molecule has 1 aliphatic heterocycles. The Bertz CT molecular complexity index is 592. The van der Waals surface area contributed by atoms with Gasteiger partial charge in [0, 0.05) is 30.1 Å². The lowest BCUT2D eigenvalue weighted by atomic mass is 10.1. The van der Waals surface area contributed by atoms with Crippen molar-refractivity contribution in [2.45, 2.75) is 26.2 Å². The van der Waals surface area contributed by atoms with Crippen LogP contribution in [0.25, 0.3) is 5.57 Å². The maximum atomic E-state index is 5.77. The fourth-order valence-corrected chi connectivity index (χ4v) is 2.10. The van der Waals surface area contributed by atoms with Gasteiger partial charge in [-0.3, -0.25) is 15.4 Å². The molecule has 0 fully saturated rings. The second kappa shape index (κ2) is 8.07. The van der Waals surface area contributed by atoms with E-state index in [1.807, 2.05) is 24.4 Å². The molecule has 4 N–H and O–H groups in total. The highest BCUT2D eigenvalue weighted by Crippen LogP contribution is 2.33. The van der Waals surface area contributed by atoms with E-state index in [0.717, 1.165) is 35.5 Å². The first-order valence-electron chi connectivity index (χ1n) is 7.48. The molecule has 6 nitrogen and oxygen atoms in total. The maximum absolute atomic E-state index is 5.77. The van der Waals surface area contributed by atoms with Crippen LogP contribution < -0.4 is 21.3 Å². The summed E-state index contributed by atoms with van der Waals surface area (Å²) in [7, 11) is 1.65. The lowest BCUT2D eigenvalue weighted by Gasteiger charge is -2.07. The maximum Gasteiger partial charge on any atom is 0.207 e. The van der Waals surface area contributed by atoms with E-state index in [1.54, 1.807) is 13.3 Å². The molecule has 0 atom stereocenters. The SMILES string of the molecule is CCCCCN=C(N)NNC=C1C=Nc2ccc(OC)cc21. The van der Waals surface area contributed by atoms with Crippen LogP contribution in [0.5, 0.6) is 5.75 Å². The van der Waals surface area contributed by atoms with Crippen LogP contribution in [0.15, 0.2) is 34.4 Å². The number of aliphatic imine (C=N–C) groups is 2. The minimum Gasteiger partial charge on any atom is -0.497 e. The van der Waals surface area contributed by atoms with Crippen molar-refractivity contribution in [3.05, 3.63) is 30.0 Å². The molecule has 0 radical (unpaired) electrons. The fraction of sp³-hybridized carbons (Fsp3) is 0.375. The summed E-state index contributed by atoms with van der Waals surface area (Å²) in [5.74, 6) is 1.19. The standard InChI is InChI=1S/C16H23N5O/c1-3-4-5-8-18-16(17)21-20-11-12-10-19-15-7-6-13(22-2)9-14(12)15/h6-7,9-11,20H,3-5,8H2,1-2H3,(H3,17,18,21). The number of benzene rings is 1. The van der Waals surface area contributed by atoms with E-state index in [4.69, 9.17) is 10.5 Å². The van der Waals surface area contributed by atoms with Crippen molar-refractivity contribution in [3.8, 4) is 5.75 Å². The van der Waals surface area contributed by atoms with E-state index in [-0.39, 0.29) is 0 Å². The van der Waals surface area contributed by atoms with Gasteiger partial charge in [-0.1, -0.05) is 19.8 Å². The van der Waals surface area contributed by atoms with Crippen molar-refractivity contribution in [2.75, 3.05) is 13.7 Å². The summed E-state index contributed by atoms with van der Waals surface area (Å²) in [6.45, 7) is 2.90. The number of guanidine groups is 1. The second-order valence-electron chi connectivity index (χ2n) is 4.98. The Hall–Kier alpha value is -2.50. The van der Waals surface area contributed by atoms with Gasteiger partial charge in [0.1, 0.15) is 5.75 Å². The molecular weight excluding hydrogens is 278 g/mol. The molecule has 2 rings (SSSR count). The van der Waals surface area contributed by atoms with E-state index in [0.29, 0.717) is 5.96 Å². The van der Waals surface area contributed by atoms with E-state index in [9.17, 15) is 0 Å². The van der Waals surface area contributed by atoms with Crippen LogP contribution in [0.1, 0.15) is 31.7 Å². The molecule has 0 unspecified atom stereocenters. The Morgan fingerprint density at radius 3 is 3.05 bits per heavy atom. The number of nitrogens with one attached hydrogen (secondary N) is 2. The predicted octanol–water partition coefficient (Wildman–Crippen LogP) is 2.35. The molecule has 0 aromatic heterocycles. The summed E-state index contributed by atoms with van der Waals surface area (Å²) in [5, 5.41) is 0. The van der Waals surface area contributed by atoms with Crippen molar-refractivity contribution in [1.82, 2.24) is 10.9 Å². The monoisotopic (exact) mass is 301 g/mol. The molecule has 1 aliphatic rings. The highest BCUT2D eigenvalue weighted by molar-refractivity contribution is 6.16. The van der Waals surface area contributed by atoms with Crippen molar-refractivity contribution < 1.29 is 4.74 Å². The van der Waals surface area contributed by atoms with E-state index in [1.165, 1.54) is 12.8 Å². The van der Waals surface area contributed by atoms with Crippen LogP contribution in [-0.2, 0) is 0 Å². The smallest absolute Gasteiger partial charge is 0.207 e. The minimum atomic E-state index is 0.383. The van der Waals surface area contributed by atoms with Gasteiger partial charge < -0.3 is 15.9 Å². The largest absolute Gasteiger partial charge is 0.497 e. The molecule has 118 valence electrons. The van der Waals surface area contributed by atoms with Gasteiger partial charge in [0.05, 0.1) is 12.8 Å². The lowest BCUT2D eigenvalue weighted by Crippen LogP contribution is -2.39. The number of allylic oxidation sites excluding steroid dienone is 1. The zero-order valence-corrected chi connectivity index (χ0v) is 13.1. The number of nitrogens with zero attached hydrogens (tertiary/aromatic N) is 2. The summed E-state index contributed by atoms with van der Waals surface area (Å²) in [4.78, 5) is 8.58. The molecule has 22 heavy (non-hydrogen) atoms. The van der Waals surface area contributed by atoms with Gasteiger partial charge in [-0.25, -0.2) is 0 Å². The van der Waals surface area contributed by atoms with Gasteiger partial charge in [-0.2, -0.15) is 0 Å². The van der Waals surface area contributed by atoms with Crippen molar-refractivity contribution in [1.29, 1.82) is 0 Å². The van der Waals surface area contributed by atoms with Crippen LogP contribution in [0.3, 0.4) is 0 Å². The Balaban J connectivity index is 1.89. The molecule has 1 heterocycles. The van der Waals surface area contributed by atoms with Gasteiger partial charge in [0.25, 0.3) is 0 Å². The Labute approximate surface area is 131 Å². The molecule has 6 heteroatoms. The third kappa shape index (κ3) is 4.25. The topological polar surface area (TPSA) is 84.0 Å². The highest BCUT2D eigenvalue weighted by atomic mass is 16.5. The molecule has 0 saturated carbocycles. The van der Waals surface area contributed by atoms with Crippen molar-refractivity contribution in [2.24, 2.45) is 15.7 Å². The normalized spacial score (nSPS) is 15.0. The summed E-state index contributed by atoms with van der Waals surface area (Å²) in [6, 6.07) is 5.78. The second-order valence-corrected chi connectivity index (χ2v) is 4.98. The Morgan fingerprint density at radius 1 is 1.41 bits per heavy atom. The quantitative estimate of drug-likeness (QED) is 0.312. The predicted molar refractivity (Wildman–Crippen MR) is 91.4 cm³/mol. The summed E-state index contributed by atoms with van der Waals surface area (Å²) >= 11 is 0. The van der Waals surface area contributed by atoms with Crippen molar-refractivity contribution >= 4 is 23.4 Å². The molecular formula is C16H23N5O. The summed E-state index contributed by atoms with van der Waals surface area (Å²) in [5.41, 5.74) is 14.5. The molecule has 0 bridgehead atoms. The lowest BCUT2D eigenvalue weighted by molar-refractivity contribution is 0.415. The number of unbranched alkanes of at least 4 members (excludes halogenated alkanes) is 2. The highest BCUT2D eigenvalue weighted by Gasteiger charge is 2.12.